The summed E-state index contributed by atoms with van der Waals surface area (Å²) in [6.45, 7) is 4.49. The van der Waals surface area contributed by atoms with Gasteiger partial charge in [-0.2, -0.15) is 4.68 Å². The van der Waals surface area contributed by atoms with Crippen LogP contribution in [0, 0.1) is 6.92 Å². The van der Waals surface area contributed by atoms with Gasteiger partial charge in [0.05, 0.1) is 0 Å². The van der Waals surface area contributed by atoms with Crippen LogP contribution in [-0.4, -0.2) is 21.5 Å². The van der Waals surface area contributed by atoms with Crippen molar-refractivity contribution in [3.05, 3.63) is 40.3 Å². The normalized spacial score (nSPS) is 10.5. The number of nitrogens with one attached hydrogen (secondary N) is 1. The van der Waals surface area contributed by atoms with Crippen LogP contribution in [-0.2, 0) is 6.54 Å². The fraction of sp³-hybridized carbons (Fsp3) is 0.333. The molecular weight excluding hydrogens is 216 g/mol. The van der Waals surface area contributed by atoms with Gasteiger partial charge in [0.2, 0.25) is 0 Å². The van der Waals surface area contributed by atoms with Gasteiger partial charge in [-0.3, -0.25) is 0 Å². The van der Waals surface area contributed by atoms with Crippen LogP contribution in [0.1, 0.15) is 12.5 Å². The van der Waals surface area contributed by atoms with E-state index < -0.39 is 0 Å². The minimum atomic E-state index is -0.148. The molecule has 1 aromatic carbocycles. The minimum absolute atomic E-state index is 0.148. The van der Waals surface area contributed by atoms with Crippen LogP contribution in [0.2, 0.25) is 0 Å². The number of hydrogen-bond donors (Lipinski definition) is 1. The molecule has 0 saturated heterocycles. The Kier molecular flexibility index (Phi) is 2.99. The van der Waals surface area contributed by atoms with Gasteiger partial charge in [-0.25, -0.2) is 9.48 Å². The van der Waals surface area contributed by atoms with Crippen molar-refractivity contribution in [2.24, 2.45) is 0 Å². The molecule has 0 unspecified atom stereocenters. The highest BCUT2D eigenvalue weighted by molar-refractivity contribution is 5.55. The molecule has 17 heavy (non-hydrogen) atoms. The van der Waals surface area contributed by atoms with Gasteiger partial charge >= 0.3 is 5.69 Å². The summed E-state index contributed by atoms with van der Waals surface area (Å²) in [5.74, 6) is 0.638. The summed E-state index contributed by atoms with van der Waals surface area (Å²) in [6, 6.07) is 7.94. The van der Waals surface area contributed by atoms with Gasteiger partial charge in [-0.15, -0.1) is 5.10 Å². The lowest BCUT2D eigenvalue weighted by Crippen LogP contribution is -2.29. The summed E-state index contributed by atoms with van der Waals surface area (Å²) in [7, 11) is 1.71. The van der Waals surface area contributed by atoms with Gasteiger partial charge in [0.1, 0.15) is 0 Å². The molecule has 5 nitrogen and oxygen atoms in total. The Morgan fingerprint density at radius 2 is 1.94 bits per heavy atom. The maximum atomic E-state index is 11.9. The Morgan fingerprint density at radius 1 is 1.29 bits per heavy atom. The molecule has 1 heterocycles. The first-order chi connectivity index (χ1) is 8.17. The summed E-state index contributed by atoms with van der Waals surface area (Å²) >= 11 is 0. The van der Waals surface area contributed by atoms with Crippen molar-refractivity contribution < 1.29 is 0 Å². The van der Waals surface area contributed by atoms with Crippen LogP contribution < -0.4 is 11.1 Å². The first kappa shape index (κ1) is 11.4. The van der Waals surface area contributed by atoms with Crippen LogP contribution in [0.15, 0.2) is 29.1 Å². The number of aromatic nitrogens is 3. The van der Waals surface area contributed by atoms with Gasteiger partial charge in [-0.05, 0) is 13.8 Å². The van der Waals surface area contributed by atoms with E-state index in [9.17, 15) is 4.79 Å². The monoisotopic (exact) mass is 232 g/mol. The van der Waals surface area contributed by atoms with Crippen LogP contribution in [0.4, 0.5) is 0 Å². The lowest BCUT2D eigenvalue weighted by molar-refractivity contribution is 0.625. The van der Waals surface area contributed by atoms with E-state index in [4.69, 9.17) is 0 Å². The standard InChI is InChI=1S/C12H16N4O/c1-4-15-12(17)16(13-3)11(14-15)10-7-5-9(2)6-8-10/h5-8,13H,4H2,1-3H3. The van der Waals surface area contributed by atoms with E-state index in [1.54, 1.807) is 7.05 Å². The van der Waals surface area contributed by atoms with Crippen molar-refractivity contribution >= 4 is 0 Å². The van der Waals surface area contributed by atoms with E-state index >= 15 is 0 Å². The van der Waals surface area contributed by atoms with Crippen molar-refractivity contribution in [1.29, 1.82) is 0 Å². The molecule has 5 heteroatoms. The maximum absolute atomic E-state index is 11.9. The molecule has 0 spiro atoms. The Bertz CT molecular complexity index is 565. The largest absolute Gasteiger partial charge is 0.365 e. The van der Waals surface area contributed by atoms with Crippen LogP contribution in [0.5, 0.6) is 0 Å². The second-order valence-corrected chi connectivity index (χ2v) is 3.85. The molecule has 0 amide bonds. The Labute approximate surface area is 99.7 Å². The van der Waals surface area contributed by atoms with Gasteiger partial charge in [0.25, 0.3) is 0 Å². The zero-order chi connectivity index (χ0) is 12.4. The molecule has 90 valence electrons. The summed E-state index contributed by atoms with van der Waals surface area (Å²) in [5, 5.41) is 4.30. The Balaban J connectivity index is 2.58. The molecule has 1 N–H and O–H groups in total. The SMILES string of the molecule is CCn1nc(-c2ccc(C)cc2)n(NC)c1=O. The molecule has 0 aliphatic rings. The quantitative estimate of drug-likeness (QED) is 0.865. The Hall–Kier alpha value is -2.04. The third-order valence-electron chi connectivity index (χ3n) is 2.67. The van der Waals surface area contributed by atoms with Gasteiger partial charge in [0, 0.05) is 19.2 Å². The van der Waals surface area contributed by atoms with Crippen molar-refractivity contribution in [3.63, 3.8) is 0 Å². The van der Waals surface area contributed by atoms with E-state index in [0.717, 1.165) is 5.56 Å². The first-order valence-electron chi connectivity index (χ1n) is 5.62. The van der Waals surface area contributed by atoms with Crippen molar-refractivity contribution in [3.8, 4) is 11.4 Å². The van der Waals surface area contributed by atoms with Gasteiger partial charge in [0.15, 0.2) is 5.82 Å². The van der Waals surface area contributed by atoms with Gasteiger partial charge < -0.3 is 5.43 Å². The number of nitrogens with zero attached hydrogens (tertiary/aromatic N) is 3. The molecule has 0 aliphatic carbocycles. The topological polar surface area (TPSA) is 51.9 Å². The third-order valence-corrected chi connectivity index (χ3v) is 2.67. The summed E-state index contributed by atoms with van der Waals surface area (Å²) < 4.78 is 2.89. The Morgan fingerprint density at radius 3 is 2.47 bits per heavy atom. The van der Waals surface area contributed by atoms with Crippen LogP contribution >= 0.6 is 0 Å². The second kappa shape index (κ2) is 4.45. The zero-order valence-electron chi connectivity index (χ0n) is 10.3. The molecule has 1 aromatic heterocycles. The molecule has 0 saturated carbocycles. The number of rotatable bonds is 3. The number of benzene rings is 1. The number of hydrogen-bond acceptors (Lipinski definition) is 3. The van der Waals surface area contributed by atoms with E-state index in [-0.39, 0.29) is 5.69 Å². The minimum Gasteiger partial charge on any atom is -0.323 e. The van der Waals surface area contributed by atoms with Crippen molar-refractivity contribution in [1.82, 2.24) is 14.5 Å². The number of aryl methyl sites for hydroxylation is 2. The predicted octanol–water partition coefficient (Wildman–Crippen LogP) is 1.21. The molecule has 0 fully saturated rings. The molecule has 0 atom stereocenters. The third kappa shape index (κ3) is 1.95. The summed E-state index contributed by atoms with van der Waals surface area (Å²) in [4.78, 5) is 11.9. The molecular formula is C12H16N4O. The summed E-state index contributed by atoms with van der Waals surface area (Å²) in [5.41, 5.74) is 4.81. The van der Waals surface area contributed by atoms with E-state index in [1.807, 2.05) is 38.1 Å². The zero-order valence-corrected chi connectivity index (χ0v) is 10.3. The lowest BCUT2D eigenvalue weighted by atomic mass is 10.1. The highest BCUT2D eigenvalue weighted by Crippen LogP contribution is 2.15. The second-order valence-electron chi connectivity index (χ2n) is 3.85. The van der Waals surface area contributed by atoms with E-state index in [1.165, 1.54) is 14.9 Å². The lowest BCUT2D eigenvalue weighted by Gasteiger charge is -2.03. The smallest absolute Gasteiger partial charge is 0.323 e. The van der Waals surface area contributed by atoms with E-state index in [0.29, 0.717) is 12.4 Å². The van der Waals surface area contributed by atoms with Crippen molar-refractivity contribution in [2.75, 3.05) is 12.5 Å². The fourth-order valence-electron chi connectivity index (χ4n) is 1.70. The predicted molar refractivity (Wildman–Crippen MR) is 67.6 cm³/mol. The average Bonchev–Trinajstić information content (AvgIpc) is 2.66. The van der Waals surface area contributed by atoms with E-state index in [2.05, 4.69) is 10.5 Å². The highest BCUT2D eigenvalue weighted by Gasteiger charge is 2.12. The van der Waals surface area contributed by atoms with Gasteiger partial charge in [-0.1, -0.05) is 29.8 Å². The average molecular weight is 232 g/mol. The molecule has 0 aliphatic heterocycles. The van der Waals surface area contributed by atoms with Crippen molar-refractivity contribution in [2.45, 2.75) is 20.4 Å². The molecule has 0 bridgehead atoms. The summed E-state index contributed by atoms with van der Waals surface area (Å²) in [6.07, 6.45) is 0. The highest BCUT2D eigenvalue weighted by atomic mass is 16.2. The van der Waals surface area contributed by atoms with Crippen LogP contribution in [0.25, 0.3) is 11.4 Å². The fourth-order valence-corrected chi connectivity index (χ4v) is 1.70. The first-order valence-corrected chi connectivity index (χ1v) is 5.62. The molecule has 2 rings (SSSR count). The van der Waals surface area contributed by atoms with Crippen LogP contribution in [0.3, 0.4) is 0 Å². The molecule has 0 radical (unpaired) electrons. The maximum Gasteiger partial charge on any atom is 0.365 e. The molecule has 2 aromatic rings.